The summed E-state index contributed by atoms with van der Waals surface area (Å²) in [4.78, 5) is 38.1. The van der Waals surface area contributed by atoms with Crippen molar-refractivity contribution in [3.05, 3.63) is 75.6 Å². The Morgan fingerprint density at radius 2 is 1.71 bits per heavy atom. The maximum absolute atomic E-state index is 13.5. The molecule has 1 aliphatic heterocycles. The van der Waals surface area contributed by atoms with E-state index in [9.17, 15) is 13.8 Å². The van der Waals surface area contributed by atoms with E-state index in [-0.39, 0.29) is 17.4 Å². The van der Waals surface area contributed by atoms with Crippen LogP contribution in [0.15, 0.2) is 58.2 Å². The van der Waals surface area contributed by atoms with E-state index in [1.165, 1.54) is 31.7 Å². The number of aryl methyl sites for hydroxylation is 2. The Hall–Kier alpha value is -3.30. The number of amides is 1. The summed E-state index contributed by atoms with van der Waals surface area (Å²) in [6.07, 6.45) is 5.93. The fraction of sp³-hybridized carbons (Fsp3) is 0.469. The minimum atomic E-state index is -1.73. The van der Waals surface area contributed by atoms with Gasteiger partial charge in [-0.15, -0.1) is 0 Å². The third-order valence-corrected chi connectivity index (χ3v) is 9.67. The van der Waals surface area contributed by atoms with Crippen LogP contribution in [0.5, 0.6) is 0 Å². The first-order valence-corrected chi connectivity index (χ1v) is 15.7. The second-order valence-corrected chi connectivity index (χ2v) is 13.4. The fourth-order valence-electron chi connectivity index (χ4n) is 6.18. The second kappa shape index (κ2) is 12.3. The fourth-order valence-corrected chi connectivity index (χ4v) is 7.01. The van der Waals surface area contributed by atoms with E-state index in [2.05, 4.69) is 33.4 Å². The van der Waals surface area contributed by atoms with Crippen molar-refractivity contribution >= 4 is 22.8 Å². The summed E-state index contributed by atoms with van der Waals surface area (Å²) < 4.78 is 16.1. The van der Waals surface area contributed by atoms with Crippen molar-refractivity contribution in [1.29, 1.82) is 0 Å². The molecule has 0 radical (unpaired) electrons. The van der Waals surface area contributed by atoms with Gasteiger partial charge in [-0.3, -0.25) is 24.2 Å². The van der Waals surface area contributed by atoms with E-state index < -0.39 is 11.0 Å². The van der Waals surface area contributed by atoms with Gasteiger partial charge in [-0.25, -0.2) is 9.19 Å². The molecule has 3 aromatic rings. The minimum Gasteiger partial charge on any atom is -0.337 e. The van der Waals surface area contributed by atoms with Crippen LogP contribution in [-0.2, 0) is 11.0 Å². The lowest BCUT2D eigenvalue weighted by Gasteiger charge is -2.39. The number of anilines is 1. The number of aromatic nitrogens is 2. The molecule has 1 saturated carbocycles. The van der Waals surface area contributed by atoms with Crippen LogP contribution in [0.3, 0.4) is 0 Å². The van der Waals surface area contributed by atoms with Crippen molar-refractivity contribution in [3.8, 4) is 11.3 Å². The van der Waals surface area contributed by atoms with Crippen LogP contribution < -0.4 is 10.3 Å². The zero-order valence-corrected chi connectivity index (χ0v) is 25.4. The van der Waals surface area contributed by atoms with Crippen molar-refractivity contribution in [1.82, 2.24) is 19.8 Å². The number of aromatic amines is 1. The smallest absolute Gasteiger partial charge is 0.253 e. The molecule has 2 aromatic carbocycles. The number of hydrogen-bond donors (Lipinski definition) is 2. The Labute approximate surface area is 245 Å². The maximum Gasteiger partial charge on any atom is 0.253 e. The molecule has 5 rings (SSSR count). The third kappa shape index (κ3) is 6.96. The average molecular weight is 576 g/mol. The number of H-pyrrole nitrogens is 1. The highest BCUT2D eigenvalue weighted by Crippen LogP contribution is 2.37. The largest absolute Gasteiger partial charge is 0.337 e. The first kappa shape index (κ1) is 29.2. The van der Waals surface area contributed by atoms with Crippen molar-refractivity contribution in [3.63, 3.8) is 0 Å². The first-order valence-electron chi connectivity index (χ1n) is 14.6. The average Bonchev–Trinajstić information content (AvgIpc) is 3.19. The van der Waals surface area contributed by atoms with Gasteiger partial charge in [-0.2, -0.15) is 0 Å². The summed E-state index contributed by atoms with van der Waals surface area (Å²) >= 11 is 0. The van der Waals surface area contributed by atoms with Gasteiger partial charge in [0.15, 0.2) is 11.0 Å². The minimum absolute atomic E-state index is 0.0426. The molecule has 1 amide bonds. The highest BCUT2D eigenvalue weighted by Gasteiger charge is 2.31. The second-order valence-electron chi connectivity index (χ2n) is 12.2. The monoisotopic (exact) mass is 575 g/mol. The van der Waals surface area contributed by atoms with Crippen LogP contribution in [0.4, 0.5) is 5.95 Å². The van der Waals surface area contributed by atoms with Gasteiger partial charge in [0, 0.05) is 49.4 Å². The Balaban J connectivity index is 1.26. The summed E-state index contributed by atoms with van der Waals surface area (Å²) in [5, 5.41) is 0. The predicted molar refractivity (Wildman–Crippen MR) is 164 cm³/mol. The molecule has 2 N–H and O–H groups in total. The van der Waals surface area contributed by atoms with Crippen LogP contribution >= 0.6 is 0 Å². The number of rotatable bonds is 6. The summed E-state index contributed by atoms with van der Waals surface area (Å²) in [6, 6.07) is 14.9. The van der Waals surface area contributed by atoms with Gasteiger partial charge in [-0.05, 0) is 80.7 Å². The Morgan fingerprint density at radius 1 is 1.00 bits per heavy atom. The summed E-state index contributed by atoms with van der Waals surface area (Å²) in [6.45, 7) is 12.0. The zero-order valence-electron chi connectivity index (χ0n) is 24.5. The number of carbonyl (C=O) groups excluding carboxylic acids is 1. The molecule has 1 aromatic heterocycles. The SMILES string of the molecule is Cc1cccc(C)c1-c1cc(=O)[nH]c(NS(=O)c2cccc(C(=O)N3CCCN(C4CCC(C)(C)CC4)CC3)c2)n1. The maximum atomic E-state index is 13.5. The van der Waals surface area contributed by atoms with Crippen molar-refractivity contribution in [2.45, 2.75) is 70.7 Å². The highest BCUT2D eigenvalue weighted by molar-refractivity contribution is 7.86. The molecule has 2 aliphatic rings. The van der Waals surface area contributed by atoms with Crippen LogP contribution in [0, 0.1) is 19.3 Å². The molecular weight excluding hydrogens is 534 g/mol. The van der Waals surface area contributed by atoms with Gasteiger partial charge in [0.1, 0.15) is 0 Å². The van der Waals surface area contributed by atoms with Gasteiger partial charge < -0.3 is 4.90 Å². The van der Waals surface area contributed by atoms with Crippen LogP contribution in [0.2, 0.25) is 0 Å². The number of benzene rings is 2. The molecule has 1 aliphatic carbocycles. The van der Waals surface area contributed by atoms with Crippen LogP contribution in [0.25, 0.3) is 11.3 Å². The van der Waals surface area contributed by atoms with Gasteiger partial charge in [-0.1, -0.05) is 38.1 Å². The zero-order chi connectivity index (χ0) is 29.1. The van der Waals surface area contributed by atoms with E-state index in [1.807, 2.05) is 36.9 Å². The molecule has 41 heavy (non-hydrogen) atoms. The molecule has 218 valence electrons. The number of nitrogens with zero attached hydrogens (tertiary/aromatic N) is 3. The normalized spacial score (nSPS) is 19.0. The molecule has 2 heterocycles. The highest BCUT2D eigenvalue weighted by atomic mass is 32.2. The van der Waals surface area contributed by atoms with Crippen molar-refractivity contribution in [2.24, 2.45) is 5.41 Å². The Kier molecular flexibility index (Phi) is 8.75. The van der Waals surface area contributed by atoms with Gasteiger partial charge in [0.25, 0.3) is 11.5 Å². The summed E-state index contributed by atoms with van der Waals surface area (Å²) in [5.74, 6) is 0.0722. The van der Waals surface area contributed by atoms with Gasteiger partial charge in [0.2, 0.25) is 5.95 Å². The van der Waals surface area contributed by atoms with E-state index in [1.54, 1.807) is 24.3 Å². The van der Waals surface area contributed by atoms with Crippen LogP contribution in [0.1, 0.15) is 67.4 Å². The van der Waals surface area contributed by atoms with E-state index >= 15 is 0 Å². The number of carbonyl (C=O) groups is 1. The molecular formula is C32H41N5O3S. The predicted octanol–water partition coefficient (Wildman–Crippen LogP) is 5.31. The summed E-state index contributed by atoms with van der Waals surface area (Å²) in [5.41, 5.74) is 4.01. The van der Waals surface area contributed by atoms with E-state index in [4.69, 9.17) is 0 Å². The number of nitrogens with one attached hydrogen (secondary N) is 2. The molecule has 0 bridgehead atoms. The van der Waals surface area contributed by atoms with Gasteiger partial charge >= 0.3 is 0 Å². The third-order valence-electron chi connectivity index (χ3n) is 8.61. The molecule has 2 fully saturated rings. The number of hydrogen-bond acceptors (Lipinski definition) is 5. The van der Waals surface area contributed by atoms with Crippen LogP contribution in [-0.4, -0.2) is 62.1 Å². The molecule has 1 saturated heterocycles. The lowest BCUT2D eigenvalue weighted by atomic mass is 9.75. The molecule has 1 unspecified atom stereocenters. The van der Waals surface area contributed by atoms with E-state index in [0.29, 0.717) is 34.2 Å². The quantitative estimate of drug-likeness (QED) is 0.415. The summed E-state index contributed by atoms with van der Waals surface area (Å²) in [7, 11) is -1.73. The molecule has 9 heteroatoms. The van der Waals surface area contributed by atoms with E-state index in [0.717, 1.165) is 42.7 Å². The lowest BCUT2D eigenvalue weighted by Crippen LogP contribution is -2.42. The molecule has 0 spiro atoms. The topological polar surface area (TPSA) is 98.4 Å². The van der Waals surface area contributed by atoms with Gasteiger partial charge in [0.05, 0.1) is 10.6 Å². The molecule has 1 atom stereocenters. The standard InChI is InChI=1S/C32H41N5O3S/c1-22-8-5-9-23(2)29(22)27-21-28(38)34-31(33-27)35-41(40)26-11-6-10-24(20-26)30(39)37-17-7-16-36(18-19-37)25-12-14-32(3,4)15-13-25/h5-6,8-11,20-21,25H,7,12-19H2,1-4H3,(H2,33,34,35,38). The first-order chi connectivity index (χ1) is 19.6. The lowest BCUT2D eigenvalue weighted by molar-refractivity contribution is 0.0746. The Bertz CT molecular complexity index is 1470. The van der Waals surface area contributed by atoms with Crippen molar-refractivity contribution in [2.75, 3.05) is 30.9 Å². The van der Waals surface area contributed by atoms with Crippen molar-refractivity contribution < 1.29 is 9.00 Å². The molecule has 8 nitrogen and oxygen atoms in total. The Morgan fingerprint density at radius 3 is 2.44 bits per heavy atom.